The van der Waals surface area contributed by atoms with Gasteiger partial charge < -0.3 is 9.67 Å². The zero-order valence-electron chi connectivity index (χ0n) is 9.03. The van der Waals surface area contributed by atoms with E-state index in [1.165, 1.54) is 0 Å². The Hall–Kier alpha value is -1.77. The Bertz CT molecular complexity index is 552. The summed E-state index contributed by atoms with van der Waals surface area (Å²) in [5.41, 5.74) is 3.60. The fraction of sp³-hybridized carbons (Fsp3) is 0.250. The molecule has 0 atom stereocenters. The van der Waals surface area contributed by atoms with Gasteiger partial charge in [0.25, 0.3) is 0 Å². The summed E-state index contributed by atoms with van der Waals surface area (Å²) in [4.78, 5) is 11.0. The highest BCUT2D eigenvalue weighted by atomic mass is 16.4. The molecule has 0 fully saturated rings. The Morgan fingerprint density at radius 1 is 1.27 bits per heavy atom. The predicted molar refractivity (Wildman–Crippen MR) is 59.4 cm³/mol. The van der Waals surface area contributed by atoms with Gasteiger partial charge in [0.2, 0.25) is 0 Å². The van der Waals surface area contributed by atoms with Crippen LogP contribution in [0.25, 0.3) is 10.9 Å². The number of hydrogen-bond donors (Lipinski definition) is 1. The third kappa shape index (κ3) is 1.40. The van der Waals surface area contributed by atoms with E-state index in [1.807, 2.05) is 19.9 Å². The summed E-state index contributed by atoms with van der Waals surface area (Å²) in [6.45, 7) is 4.01. The van der Waals surface area contributed by atoms with Crippen LogP contribution in [0.5, 0.6) is 0 Å². The minimum absolute atomic E-state index is 0.332. The Balaban J connectivity index is 2.88. The SMILES string of the molecule is Cc1cc(C)c2c(c1)cc(C(=O)O)n2C. The van der Waals surface area contributed by atoms with E-state index >= 15 is 0 Å². The minimum Gasteiger partial charge on any atom is -0.477 e. The maximum Gasteiger partial charge on any atom is 0.352 e. The van der Waals surface area contributed by atoms with E-state index in [0.717, 1.165) is 22.0 Å². The van der Waals surface area contributed by atoms with Crippen molar-refractivity contribution in [3.8, 4) is 0 Å². The number of carboxylic acid groups (broad SMARTS) is 1. The van der Waals surface area contributed by atoms with Crippen molar-refractivity contribution < 1.29 is 9.90 Å². The van der Waals surface area contributed by atoms with E-state index in [1.54, 1.807) is 17.7 Å². The average molecular weight is 203 g/mol. The van der Waals surface area contributed by atoms with Gasteiger partial charge in [-0.3, -0.25) is 0 Å². The molecule has 1 aromatic carbocycles. The van der Waals surface area contributed by atoms with E-state index in [4.69, 9.17) is 5.11 Å². The highest BCUT2D eigenvalue weighted by molar-refractivity contribution is 5.95. The number of hydrogen-bond acceptors (Lipinski definition) is 1. The number of carboxylic acids is 1. The third-order valence-electron chi connectivity index (χ3n) is 2.68. The molecular weight excluding hydrogens is 190 g/mol. The molecule has 3 heteroatoms. The van der Waals surface area contributed by atoms with Crippen molar-refractivity contribution in [3.05, 3.63) is 35.0 Å². The highest BCUT2D eigenvalue weighted by Crippen LogP contribution is 2.23. The topological polar surface area (TPSA) is 42.2 Å². The second-order valence-electron chi connectivity index (χ2n) is 3.91. The van der Waals surface area contributed by atoms with Gasteiger partial charge in [-0.1, -0.05) is 11.6 Å². The molecule has 0 aliphatic rings. The third-order valence-corrected chi connectivity index (χ3v) is 2.68. The van der Waals surface area contributed by atoms with Crippen molar-refractivity contribution in [1.29, 1.82) is 0 Å². The number of carbonyl (C=O) groups is 1. The molecule has 0 radical (unpaired) electrons. The maximum absolute atomic E-state index is 11.0. The van der Waals surface area contributed by atoms with Crippen molar-refractivity contribution in [3.63, 3.8) is 0 Å². The van der Waals surface area contributed by atoms with Crippen LogP contribution >= 0.6 is 0 Å². The average Bonchev–Trinajstić information content (AvgIpc) is 2.42. The molecule has 1 heterocycles. The summed E-state index contributed by atoms with van der Waals surface area (Å²) in [6, 6.07) is 5.79. The molecular formula is C12H13NO2. The monoisotopic (exact) mass is 203 g/mol. The lowest BCUT2D eigenvalue weighted by Gasteiger charge is -2.03. The summed E-state index contributed by atoms with van der Waals surface area (Å²) in [7, 11) is 1.79. The van der Waals surface area contributed by atoms with Crippen molar-refractivity contribution >= 4 is 16.9 Å². The van der Waals surface area contributed by atoms with E-state index in [2.05, 4.69) is 6.07 Å². The lowest BCUT2D eigenvalue weighted by molar-refractivity contribution is 0.0687. The second kappa shape index (κ2) is 3.12. The van der Waals surface area contributed by atoms with Gasteiger partial charge >= 0.3 is 5.97 Å². The van der Waals surface area contributed by atoms with Crippen LogP contribution in [-0.2, 0) is 7.05 Å². The number of aryl methyl sites for hydroxylation is 3. The maximum atomic E-state index is 11.0. The molecule has 0 aliphatic carbocycles. The molecule has 0 aliphatic heterocycles. The van der Waals surface area contributed by atoms with Gasteiger partial charge in [0.1, 0.15) is 5.69 Å². The first-order valence-corrected chi connectivity index (χ1v) is 4.80. The Morgan fingerprint density at radius 3 is 2.53 bits per heavy atom. The lowest BCUT2D eigenvalue weighted by atomic mass is 10.1. The van der Waals surface area contributed by atoms with Crippen molar-refractivity contribution in [2.75, 3.05) is 0 Å². The van der Waals surface area contributed by atoms with Crippen molar-refractivity contribution in [1.82, 2.24) is 4.57 Å². The van der Waals surface area contributed by atoms with Crippen LogP contribution in [0.15, 0.2) is 18.2 Å². The number of rotatable bonds is 1. The lowest BCUT2D eigenvalue weighted by Crippen LogP contribution is -2.04. The molecule has 0 saturated carbocycles. The fourth-order valence-electron chi connectivity index (χ4n) is 2.13. The molecule has 0 amide bonds. The Kier molecular flexibility index (Phi) is 2.03. The van der Waals surface area contributed by atoms with Gasteiger partial charge in [-0.15, -0.1) is 0 Å². The van der Waals surface area contributed by atoms with Gasteiger partial charge in [-0.05, 0) is 31.5 Å². The number of aromatic nitrogens is 1. The summed E-state index contributed by atoms with van der Waals surface area (Å²) >= 11 is 0. The first kappa shape index (κ1) is 9.77. The molecule has 2 rings (SSSR count). The molecule has 15 heavy (non-hydrogen) atoms. The van der Waals surface area contributed by atoms with Crippen molar-refractivity contribution in [2.45, 2.75) is 13.8 Å². The molecule has 78 valence electrons. The normalized spacial score (nSPS) is 10.9. The number of fused-ring (bicyclic) bond motifs is 1. The molecule has 1 N–H and O–H groups in total. The van der Waals surface area contributed by atoms with E-state index < -0.39 is 5.97 Å². The number of nitrogens with zero attached hydrogens (tertiary/aromatic N) is 1. The van der Waals surface area contributed by atoms with Crippen LogP contribution in [0.4, 0.5) is 0 Å². The summed E-state index contributed by atoms with van der Waals surface area (Å²) in [5, 5.41) is 10.00. The Labute approximate surface area is 87.9 Å². The highest BCUT2D eigenvalue weighted by Gasteiger charge is 2.13. The smallest absolute Gasteiger partial charge is 0.352 e. The van der Waals surface area contributed by atoms with Crippen LogP contribution < -0.4 is 0 Å². The van der Waals surface area contributed by atoms with E-state index in [0.29, 0.717) is 5.69 Å². The minimum atomic E-state index is -0.884. The van der Waals surface area contributed by atoms with Crippen LogP contribution in [0, 0.1) is 13.8 Å². The number of benzene rings is 1. The standard InChI is InChI=1S/C12H13NO2/c1-7-4-8(2)11-9(5-7)6-10(12(14)15)13(11)3/h4-6H,1-3H3,(H,14,15). The van der Waals surface area contributed by atoms with E-state index in [9.17, 15) is 4.79 Å². The van der Waals surface area contributed by atoms with Gasteiger partial charge in [0.15, 0.2) is 0 Å². The predicted octanol–water partition coefficient (Wildman–Crippen LogP) is 2.49. The molecule has 0 spiro atoms. The Morgan fingerprint density at radius 2 is 1.93 bits per heavy atom. The largest absolute Gasteiger partial charge is 0.477 e. The van der Waals surface area contributed by atoms with Gasteiger partial charge in [-0.2, -0.15) is 0 Å². The van der Waals surface area contributed by atoms with Crippen LogP contribution in [0.3, 0.4) is 0 Å². The van der Waals surface area contributed by atoms with Gasteiger partial charge in [-0.25, -0.2) is 4.79 Å². The first-order valence-electron chi connectivity index (χ1n) is 4.80. The molecule has 0 bridgehead atoms. The molecule has 0 saturated heterocycles. The van der Waals surface area contributed by atoms with Crippen LogP contribution in [0.1, 0.15) is 21.6 Å². The summed E-state index contributed by atoms with van der Waals surface area (Å²) in [5.74, 6) is -0.884. The van der Waals surface area contributed by atoms with Crippen LogP contribution in [-0.4, -0.2) is 15.6 Å². The fourth-order valence-corrected chi connectivity index (χ4v) is 2.13. The zero-order valence-corrected chi connectivity index (χ0v) is 9.03. The summed E-state index contributed by atoms with van der Waals surface area (Å²) < 4.78 is 1.73. The first-order chi connectivity index (χ1) is 7.00. The zero-order chi connectivity index (χ0) is 11.2. The van der Waals surface area contributed by atoms with Gasteiger partial charge in [0, 0.05) is 12.4 Å². The molecule has 2 aromatic rings. The van der Waals surface area contributed by atoms with Crippen molar-refractivity contribution in [2.24, 2.45) is 7.05 Å². The molecule has 0 unspecified atom stereocenters. The van der Waals surface area contributed by atoms with E-state index in [-0.39, 0.29) is 0 Å². The second-order valence-corrected chi connectivity index (χ2v) is 3.91. The van der Waals surface area contributed by atoms with Crippen LogP contribution in [0.2, 0.25) is 0 Å². The molecule has 1 aromatic heterocycles. The molecule has 3 nitrogen and oxygen atoms in total. The van der Waals surface area contributed by atoms with Gasteiger partial charge in [0.05, 0.1) is 5.52 Å². The quantitative estimate of drug-likeness (QED) is 0.773. The number of aromatic carboxylic acids is 1. The summed E-state index contributed by atoms with van der Waals surface area (Å²) in [6.07, 6.45) is 0.